The summed E-state index contributed by atoms with van der Waals surface area (Å²) in [6.07, 6.45) is 9.76. The summed E-state index contributed by atoms with van der Waals surface area (Å²) < 4.78 is 5.67. The molecule has 0 radical (unpaired) electrons. The first-order valence-electron chi connectivity index (χ1n) is 6.94. The van der Waals surface area contributed by atoms with Crippen LogP contribution in [0.2, 0.25) is 0 Å². The van der Waals surface area contributed by atoms with Gasteiger partial charge in [0.25, 0.3) is 0 Å². The highest BCUT2D eigenvalue weighted by molar-refractivity contribution is 4.99. The van der Waals surface area contributed by atoms with Crippen molar-refractivity contribution in [2.45, 2.75) is 57.1 Å². The Morgan fingerprint density at radius 1 is 1.25 bits per heavy atom. The van der Waals surface area contributed by atoms with E-state index in [1.165, 1.54) is 44.9 Å². The summed E-state index contributed by atoms with van der Waals surface area (Å²) in [6.45, 7) is 0.971. The van der Waals surface area contributed by atoms with Crippen LogP contribution < -0.4 is 11.3 Å². The molecule has 4 unspecified atom stereocenters. The van der Waals surface area contributed by atoms with Crippen LogP contribution in [0.3, 0.4) is 0 Å². The van der Waals surface area contributed by atoms with Gasteiger partial charge in [0.2, 0.25) is 0 Å². The van der Waals surface area contributed by atoms with Crippen molar-refractivity contribution in [1.82, 2.24) is 5.43 Å². The molecule has 0 aromatic heterocycles. The zero-order chi connectivity index (χ0) is 11.0. The Hall–Kier alpha value is -0.120. The van der Waals surface area contributed by atoms with Crippen LogP contribution in [-0.4, -0.2) is 18.8 Å². The molecule has 16 heavy (non-hydrogen) atoms. The van der Waals surface area contributed by atoms with E-state index in [4.69, 9.17) is 10.6 Å². The first-order valence-corrected chi connectivity index (χ1v) is 6.94. The maximum absolute atomic E-state index is 5.71. The van der Waals surface area contributed by atoms with Crippen LogP contribution in [0.5, 0.6) is 0 Å². The Balaban J connectivity index is 1.43. The lowest BCUT2D eigenvalue weighted by Crippen LogP contribution is -2.41. The molecule has 0 spiro atoms. The third-order valence-corrected chi connectivity index (χ3v) is 4.89. The number of nitrogens with two attached hydrogens (primary N) is 1. The Morgan fingerprint density at radius 3 is 2.69 bits per heavy atom. The Kier molecular flexibility index (Phi) is 3.18. The van der Waals surface area contributed by atoms with Crippen LogP contribution in [0.4, 0.5) is 0 Å². The Morgan fingerprint density at radius 2 is 2.06 bits per heavy atom. The lowest BCUT2D eigenvalue weighted by atomic mass is 9.90. The average Bonchev–Trinajstić information content (AvgIpc) is 2.74. The van der Waals surface area contributed by atoms with Gasteiger partial charge in [-0.3, -0.25) is 11.3 Å². The fourth-order valence-corrected chi connectivity index (χ4v) is 3.78. The molecule has 1 saturated heterocycles. The van der Waals surface area contributed by atoms with E-state index in [1.807, 2.05) is 0 Å². The van der Waals surface area contributed by atoms with Crippen molar-refractivity contribution < 1.29 is 4.74 Å². The van der Waals surface area contributed by atoms with Gasteiger partial charge in [-0.05, 0) is 62.7 Å². The number of nitrogens with one attached hydrogen (secondary N) is 1. The Bertz CT molecular complexity index is 230. The SMILES string of the molecule is NNC(CCC1CCCO1)C1CC2CC2C1. The van der Waals surface area contributed by atoms with E-state index in [0.29, 0.717) is 12.1 Å². The van der Waals surface area contributed by atoms with Crippen LogP contribution in [0.1, 0.15) is 44.9 Å². The largest absolute Gasteiger partial charge is 0.378 e. The molecule has 3 nitrogen and oxygen atoms in total. The second-order valence-corrected chi connectivity index (χ2v) is 5.97. The first kappa shape index (κ1) is 11.0. The minimum absolute atomic E-state index is 0.520. The van der Waals surface area contributed by atoms with E-state index < -0.39 is 0 Å². The average molecular weight is 224 g/mol. The molecule has 3 rings (SSSR count). The predicted molar refractivity (Wildman–Crippen MR) is 63.6 cm³/mol. The molecule has 0 bridgehead atoms. The molecule has 3 aliphatic rings. The van der Waals surface area contributed by atoms with Crippen molar-refractivity contribution in [2.75, 3.05) is 6.61 Å². The minimum Gasteiger partial charge on any atom is -0.378 e. The highest BCUT2D eigenvalue weighted by Gasteiger charge is 2.47. The molecular formula is C13H24N2O. The van der Waals surface area contributed by atoms with E-state index in [1.54, 1.807) is 0 Å². The van der Waals surface area contributed by atoms with Crippen LogP contribution >= 0.6 is 0 Å². The van der Waals surface area contributed by atoms with E-state index in [0.717, 1.165) is 24.4 Å². The van der Waals surface area contributed by atoms with Gasteiger partial charge in [0.1, 0.15) is 0 Å². The van der Waals surface area contributed by atoms with Gasteiger partial charge in [-0.2, -0.15) is 0 Å². The van der Waals surface area contributed by atoms with Crippen molar-refractivity contribution in [1.29, 1.82) is 0 Å². The summed E-state index contributed by atoms with van der Waals surface area (Å²) in [4.78, 5) is 0. The monoisotopic (exact) mass is 224 g/mol. The molecule has 3 N–H and O–H groups in total. The zero-order valence-corrected chi connectivity index (χ0v) is 10.0. The van der Waals surface area contributed by atoms with Gasteiger partial charge in [0, 0.05) is 12.6 Å². The first-order chi connectivity index (χ1) is 7.86. The number of hydrazine groups is 1. The van der Waals surface area contributed by atoms with Gasteiger partial charge < -0.3 is 4.74 Å². The lowest BCUT2D eigenvalue weighted by Gasteiger charge is -2.25. The summed E-state index contributed by atoms with van der Waals surface area (Å²) in [5.74, 6) is 8.67. The topological polar surface area (TPSA) is 47.3 Å². The summed E-state index contributed by atoms with van der Waals surface area (Å²) in [5, 5.41) is 0. The van der Waals surface area contributed by atoms with E-state index in [9.17, 15) is 0 Å². The number of hydrogen-bond donors (Lipinski definition) is 2. The highest BCUT2D eigenvalue weighted by Crippen LogP contribution is 2.55. The normalized spacial score (nSPS) is 43.3. The van der Waals surface area contributed by atoms with E-state index in [-0.39, 0.29) is 0 Å². The molecule has 3 fully saturated rings. The quantitative estimate of drug-likeness (QED) is 0.553. The Labute approximate surface area is 98.1 Å². The summed E-state index contributed by atoms with van der Waals surface area (Å²) in [5.41, 5.74) is 3.05. The molecule has 92 valence electrons. The second-order valence-electron chi connectivity index (χ2n) is 5.97. The van der Waals surface area contributed by atoms with Crippen molar-refractivity contribution >= 4 is 0 Å². The summed E-state index contributed by atoms with van der Waals surface area (Å²) >= 11 is 0. The maximum atomic E-state index is 5.71. The van der Waals surface area contributed by atoms with Gasteiger partial charge in [0.05, 0.1) is 6.10 Å². The van der Waals surface area contributed by atoms with Crippen molar-refractivity contribution in [2.24, 2.45) is 23.6 Å². The number of hydrogen-bond acceptors (Lipinski definition) is 3. The number of fused-ring (bicyclic) bond motifs is 1. The molecular weight excluding hydrogens is 200 g/mol. The fourth-order valence-electron chi connectivity index (χ4n) is 3.78. The third-order valence-electron chi connectivity index (χ3n) is 4.89. The molecule has 0 aromatic carbocycles. The van der Waals surface area contributed by atoms with Gasteiger partial charge in [-0.1, -0.05) is 0 Å². The van der Waals surface area contributed by atoms with Crippen molar-refractivity contribution in [3.05, 3.63) is 0 Å². The van der Waals surface area contributed by atoms with Crippen LogP contribution in [0.15, 0.2) is 0 Å². The van der Waals surface area contributed by atoms with Crippen LogP contribution in [0, 0.1) is 17.8 Å². The van der Waals surface area contributed by atoms with E-state index in [2.05, 4.69) is 5.43 Å². The van der Waals surface area contributed by atoms with Crippen molar-refractivity contribution in [3.63, 3.8) is 0 Å². The van der Waals surface area contributed by atoms with Crippen molar-refractivity contribution in [3.8, 4) is 0 Å². The maximum Gasteiger partial charge on any atom is 0.0576 e. The predicted octanol–water partition coefficient (Wildman–Crippen LogP) is 1.82. The molecule has 1 aliphatic heterocycles. The fraction of sp³-hybridized carbons (Fsp3) is 1.00. The second kappa shape index (κ2) is 4.63. The molecule has 2 aliphatic carbocycles. The molecule has 2 saturated carbocycles. The van der Waals surface area contributed by atoms with Crippen LogP contribution in [-0.2, 0) is 4.74 Å². The van der Waals surface area contributed by atoms with Gasteiger partial charge in [-0.25, -0.2) is 0 Å². The van der Waals surface area contributed by atoms with Gasteiger partial charge in [-0.15, -0.1) is 0 Å². The zero-order valence-electron chi connectivity index (χ0n) is 10.0. The van der Waals surface area contributed by atoms with Gasteiger partial charge in [0.15, 0.2) is 0 Å². The van der Waals surface area contributed by atoms with Crippen LogP contribution in [0.25, 0.3) is 0 Å². The summed E-state index contributed by atoms with van der Waals surface area (Å²) in [6, 6.07) is 0.539. The molecule has 4 atom stereocenters. The lowest BCUT2D eigenvalue weighted by molar-refractivity contribution is 0.0968. The molecule has 1 heterocycles. The van der Waals surface area contributed by atoms with Gasteiger partial charge >= 0.3 is 0 Å². The smallest absolute Gasteiger partial charge is 0.0576 e. The highest BCUT2D eigenvalue weighted by atomic mass is 16.5. The molecule has 0 amide bonds. The molecule has 3 heteroatoms. The molecule has 0 aromatic rings. The van der Waals surface area contributed by atoms with E-state index >= 15 is 0 Å². The standard InChI is InChI=1S/C13H24N2O/c14-15-13(4-3-12-2-1-5-16-12)11-7-9-6-10(9)8-11/h9-13,15H,1-8,14H2. The summed E-state index contributed by atoms with van der Waals surface area (Å²) in [7, 11) is 0. The number of ether oxygens (including phenoxy) is 1. The third kappa shape index (κ3) is 2.27. The minimum atomic E-state index is 0.520. The number of rotatable bonds is 5.